The van der Waals surface area contributed by atoms with Crippen LogP contribution in [0.1, 0.15) is 31.0 Å². The summed E-state index contributed by atoms with van der Waals surface area (Å²) in [6, 6.07) is 10.2. The summed E-state index contributed by atoms with van der Waals surface area (Å²) in [4.78, 5) is 29.8. The first kappa shape index (κ1) is 24.8. The molecule has 3 N–H and O–H groups in total. The van der Waals surface area contributed by atoms with Crippen LogP contribution in [0.15, 0.2) is 54.0 Å². The maximum atomic E-state index is 13.4. The van der Waals surface area contributed by atoms with Crippen molar-refractivity contribution in [2.75, 3.05) is 36.5 Å². The van der Waals surface area contributed by atoms with Gasteiger partial charge in [-0.3, -0.25) is 4.79 Å². The zero-order valence-electron chi connectivity index (χ0n) is 22.4. The number of hydrogen-bond donors (Lipinski definition) is 3. The summed E-state index contributed by atoms with van der Waals surface area (Å²) in [5, 5.41) is 18.2. The largest absolute Gasteiger partial charge is 0.489 e. The van der Waals surface area contributed by atoms with E-state index in [1.54, 1.807) is 21.6 Å². The molecule has 1 saturated heterocycles. The normalized spacial score (nSPS) is 21.4. The molecule has 0 spiro atoms. The minimum Gasteiger partial charge on any atom is -0.489 e. The minimum absolute atomic E-state index is 0.234. The van der Waals surface area contributed by atoms with Crippen molar-refractivity contribution in [3.8, 4) is 11.6 Å². The van der Waals surface area contributed by atoms with Gasteiger partial charge in [0, 0.05) is 37.6 Å². The van der Waals surface area contributed by atoms with Gasteiger partial charge in [0.1, 0.15) is 23.3 Å². The van der Waals surface area contributed by atoms with E-state index in [-0.39, 0.29) is 12.1 Å². The highest BCUT2D eigenvalue weighted by Crippen LogP contribution is 2.39. The average molecular weight is 541 g/mol. The van der Waals surface area contributed by atoms with Crippen LogP contribution in [0.4, 0.5) is 17.3 Å². The number of allylic oxidation sites excluding steroid dienone is 1. The van der Waals surface area contributed by atoms with Crippen LogP contribution < -0.4 is 25.8 Å². The summed E-state index contributed by atoms with van der Waals surface area (Å²) in [7, 11) is 0. The van der Waals surface area contributed by atoms with Crippen LogP contribution >= 0.6 is 0 Å². The van der Waals surface area contributed by atoms with E-state index in [1.165, 1.54) is 0 Å². The second-order valence-corrected chi connectivity index (χ2v) is 10.7. The van der Waals surface area contributed by atoms with Gasteiger partial charge in [-0.15, -0.1) is 6.58 Å². The van der Waals surface area contributed by atoms with Crippen molar-refractivity contribution in [2.24, 2.45) is 0 Å². The van der Waals surface area contributed by atoms with Crippen molar-refractivity contribution < 1.29 is 9.84 Å². The predicted molar refractivity (Wildman–Crippen MR) is 153 cm³/mol. The van der Waals surface area contributed by atoms with Crippen LogP contribution in [0.3, 0.4) is 0 Å². The van der Waals surface area contributed by atoms with Crippen LogP contribution in [0, 0.1) is 0 Å². The van der Waals surface area contributed by atoms with E-state index in [2.05, 4.69) is 33.2 Å². The first-order valence-corrected chi connectivity index (χ1v) is 13.8. The van der Waals surface area contributed by atoms with E-state index in [1.807, 2.05) is 31.2 Å². The second kappa shape index (κ2) is 9.46. The lowest BCUT2D eigenvalue weighted by atomic mass is 9.98. The van der Waals surface area contributed by atoms with Crippen LogP contribution in [-0.4, -0.2) is 61.7 Å². The van der Waals surface area contributed by atoms with Crippen LogP contribution in [0.5, 0.6) is 5.75 Å². The monoisotopic (exact) mass is 540 g/mol. The molecule has 1 aromatic carbocycles. The Kier molecular flexibility index (Phi) is 5.86. The molecule has 3 aliphatic rings. The zero-order chi connectivity index (χ0) is 27.4. The SMILES string of the molecule is C=CCn1c(=O)c2cnc(Nc3ccc4c(c3)OC[C@@H]3CNCCN43)nc2n1-c1ccc2c(n1)[C@@](O)(CC)CC2. The number of nitrogens with one attached hydrogen (secondary N) is 2. The Morgan fingerprint density at radius 3 is 3.05 bits per heavy atom. The van der Waals surface area contributed by atoms with Gasteiger partial charge in [-0.05, 0) is 43.0 Å². The third-order valence-electron chi connectivity index (χ3n) is 8.30. The molecular weight excluding hydrogens is 508 g/mol. The summed E-state index contributed by atoms with van der Waals surface area (Å²) in [6.45, 7) is 9.50. The van der Waals surface area contributed by atoms with Gasteiger partial charge in [0.15, 0.2) is 11.5 Å². The summed E-state index contributed by atoms with van der Waals surface area (Å²) >= 11 is 0. The highest BCUT2D eigenvalue weighted by Gasteiger charge is 2.37. The summed E-state index contributed by atoms with van der Waals surface area (Å²) < 4.78 is 9.32. The van der Waals surface area contributed by atoms with E-state index in [0.717, 1.165) is 48.7 Å². The van der Waals surface area contributed by atoms with Crippen molar-refractivity contribution >= 4 is 28.4 Å². The number of hydrogen-bond acceptors (Lipinski definition) is 9. The van der Waals surface area contributed by atoms with Gasteiger partial charge in [-0.25, -0.2) is 19.3 Å². The van der Waals surface area contributed by atoms with Crippen molar-refractivity contribution in [2.45, 2.75) is 44.4 Å². The van der Waals surface area contributed by atoms with E-state index in [4.69, 9.17) is 14.7 Å². The summed E-state index contributed by atoms with van der Waals surface area (Å²) in [5.74, 6) is 1.68. The molecule has 40 heavy (non-hydrogen) atoms. The molecule has 3 aromatic heterocycles. The molecule has 0 saturated carbocycles. The van der Waals surface area contributed by atoms with Gasteiger partial charge in [0.2, 0.25) is 5.95 Å². The van der Waals surface area contributed by atoms with Gasteiger partial charge < -0.3 is 25.4 Å². The summed E-state index contributed by atoms with van der Waals surface area (Å²) in [6.07, 6.45) is 5.18. The topological polar surface area (TPSA) is 122 Å². The standard InChI is InChI=1S/C29H32N8O3/c1-3-12-36-27(38)21-16-31-28(32-19-6-7-22-23(14-19)40-17-20-15-30-11-13-35(20)22)34-26(21)37(36)24-8-5-18-9-10-29(39,4-2)25(18)33-24/h3,5-8,14,16,20,30,39H,1,4,9-13,15,17H2,2H3,(H,31,32,34)/t20-,29+/m0/s1. The minimum atomic E-state index is -0.973. The van der Waals surface area contributed by atoms with Crippen molar-refractivity contribution in [1.82, 2.24) is 29.6 Å². The van der Waals surface area contributed by atoms with Crippen molar-refractivity contribution in [1.29, 1.82) is 0 Å². The number of rotatable bonds is 6. The van der Waals surface area contributed by atoms with E-state index in [9.17, 15) is 9.90 Å². The fourth-order valence-corrected chi connectivity index (χ4v) is 6.10. The maximum Gasteiger partial charge on any atom is 0.278 e. The zero-order valence-corrected chi connectivity index (χ0v) is 22.4. The number of aliphatic hydroxyl groups is 1. The van der Waals surface area contributed by atoms with Gasteiger partial charge in [-0.1, -0.05) is 19.1 Å². The molecule has 11 heteroatoms. The van der Waals surface area contributed by atoms with E-state index in [0.29, 0.717) is 54.0 Å². The first-order valence-electron chi connectivity index (χ1n) is 13.8. The van der Waals surface area contributed by atoms with Gasteiger partial charge >= 0.3 is 0 Å². The quantitative estimate of drug-likeness (QED) is 0.317. The Balaban J connectivity index is 1.28. The second-order valence-electron chi connectivity index (χ2n) is 10.7. The fourth-order valence-electron chi connectivity index (χ4n) is 6.10. The van der Waals surface area contributed by atoms with Crippen LogP contribution in [0.25, 0.3) is 16.9 Å². The van der Waals surface area contributed by atoms with Crippen molar-refractivity contribution in [3.05, 3.63) is 70.8 Å². The molecule has 1 fully saturated rings. The highest BCUT2D eigenvalue weighted by atomic mass is 16.5. The fraction of sp³-hybridized carbons (Fsp3) is 0.379. The lowest BCUT2D eigenvalue weighted by Gasteiger charge is -2.42. The number of aryl methyl sites for hydroxylation is 1. The van der Waals surface area contributed by atoms with Gasteiger partial charge in [0.05, 0.1) is 24.0 Å². The first-order chi connectivity index (χ1) is 19.5. The molecule has 5 heterocycles. The number of piperazine rings is 1. The lowest BCUT2D eigenvalue weighted by Crippen LogP contribution is -2.55. The van der Waals surface area contributed by atoms with E-state index >= 15 is 0 Å². The number of benzene rings is 1. The Labute approximate surface area is 231 Å². The molecule has 1 aliphatic carbocycles. The molecule has 0 bridgehead atoms. The molecule has 206 valence electrons. The predicted octanol–water partition coefficient (Wildman–Crippen LogP) is 2.62. The smallest absolute Gasteiger partial charge is 0.278 e. The number of nitrogens with zero attached hydrogens (tertiary/aromatic N) is 6. The molecule has 2 atom stereocenters. The van der Waals surface area contributed by atoms with Gasteiger partial charge in [0.25, 0.3) is 5.56 Å². The van der Waals surface area contributed by atoms with Crippen LogP contribution in [-0.2, 0) is 18.6 Å². The summed E-state index contributed by atoms with van der Waals surface area (Å²) in [5.41, 5.74) is 2.79. The Morgan fingerprint density at radius 1 is 1.30 bits per heavy atom. The Hall–Kier alpha value is -4.22. The lowest BCUT2D eigenvalue weighted by molar-refractivity contribution is 0.0306. The molecule has 4 aromatic rings. The van der Waals surface area contributed by atoms with Crippen molar-refractivity contribution in [3.63, 3.8) is 0 Å². The maximum absolute atomic E-state index is 13.4. The Morgan fingerprint density at radius 2 is 2.20 bits per heavy atom. The molecule has 7 rings (SSSR count). The number of aromatic nitrogens is 5. The molecule has 0 unspecified atom stereocenters. The Bertz CT molecular complexity index is 1690. The third-order valence-corrected chi connectivity index (χ3v) is 8.30. The molecule has 11 nitrogen and oxygen atoms in total. The highest BCUT2D eigenvalue weighted by molar-refractivity contribution is 5.77. The molecular formula is C29H32N8O3. The van der Waals surface area contributed by atoms with Gasteiger partial charge in [-0.2, -0.15) is 4.98 Å². The molecule has 0 radical (unpaired) electrons. The van der Waals surface area contributed by atoms with Crippen LogP contribution in [0.2, 0.25) is 0 Å². The number of pyridine rings is 1. The van der Waals surface area contributed by atoms with E-state index < -0.39 is 5.60 Å². The molecule has 0 amide bonds. The number of ether oxygens (including phenoxy) is 1. The molecule has 2 aliphatic heterocycles. The third kappa shape index (κ3) is 3.88. The number of anilines is 3. The number of fused-ring (bicyclic) bond motifs is 5. The average Bonchev–Trinajstić information content (AvgIpc) is 3.46.